The smallest absolute Gasteiger partial charge is 0.270 e. The zero-order valence-corrected chi connectivity index (χ0v) is 15.5. The van der Waals surface area contributed by atoms with E-state index in [9.17, 15) is 14.5 Å². The van der Waals surface area contributed by atoms with Gasteiger partial charge in [-0.2, -0.15) is 0 Å². The molecular formula is C16H13FIrN3O4-. The van der Waals surface area contributed by atoms with Crippen molar-refractivity contribution in [3.63, 3.8) is 0 Å². The molecule has 3 aromatic rings. The number of hydrogen-bond donors (Lipinski definition) is 0. The van der Waals surface area contributed by atoms with E-state index < -0.39 is 10.7 Å². The van der Waals surface area contributed by atoms with E-state index in [-0.39, 0.29) is 38.1 Å². The molecule has 0 aliphatic heterocycles. The second-order valence-corrected chi connectivity index (χ2v) is 4.99. The van der Waals surface area contributed by atoms with Crippen LogP contribution in [0.15, 0.2) is 36.4 Å². The largest absolute Gasteiger partial charge is 0.574 e. The molecule has 7 nitrogen and oxygen atoms in total. The van der Waals surface area contributed by atoms with Crippen LogP contribution in [0.4, 0.5) is 10.1 Å². The second kappa shape index (κ2) is 8.15. The first kappa shape index (κ1) is 19.0. The number of hydrogen-bond acceptors (Lipinski definition) is 5. The van der Waals surface area contributed by atoms with Gasteiger partial charge in [0, 0.05) is 44.9 Å². The van der Waals surface area contributed by atoms with Gasteiger partial charge in [0.05, 0.1) is 17.2 Å². The zero-order valence-electron chi connectivity index (χ0n) is 13.1. The van der Waals surface area contributed by atoms with E-state index in [4.69, 9.17) is 9.47 Å². The Labute approximate surface area is 155 Å². The Bertz CT molecular complexity index is 900. The number of benzene rings is 2. The first-order chi connectivity index (χ1) is 11.6. The van der Waals surface area contributed by atoms with E-state index in [2.05, 4.69) is 10.2 Å². The third-order valence-corrected chi connectivity index (χ3v) is 3.45. The molecule has 0 bridgehead atoms. The van der Waals surface area contributed by atoms with E-state index in [1.54, 1.807) is 6.07 Å². The summed E-state index contributed by atoms with van der Waals surface area (Å²) in [5.74, 6) is -0.448. The topological polar surface area (TPSA) is 88.6 Å². The molecule has 0 N–H and O–H groups in total. The van der Waals surface area contributed by atoms with Gasteiger partial charge in [0.1, 0.15) is 6.61 Å². The van der Waals surface area contributed by atoms with Crippen molar-refractivity contribution in [1.29, 1.82) is 0 Å². The van der Waals surface area contributed by atoms with Crippen molar-refractivity contribution >= 4 is 16.6 Å². The number of nitro groups is 1. The average Bonchev–Trinajstić information content (AvgIpc) is 2.99. The molecular weight excluding hydrogens is 509 g/mol. The van der Waals surface area contributed by atoms with Crippen molar-refractivity contribution in [3.8, 4) is 17.0 Å². The maximum absolute atomic E-state index is 14.2. The number of fused-ring (bicyclic) bond motifs is 1. The predicted octanol–water partition coefficient (Wildman–Crippen LogP) is 2.93. The predicted molar refractivity (Wildman–Crippen MR) is 84.5 cm³/mol. The SMILES string of the molecule is COCCOc1ccc(-c2n[n-]c3ccc([N+](=O)[O-])cc23)cc1F.[Ir]. The van der Waals surface area contributed by atoms with Crippen LogP contribution in [0.2, 0.25) is 0 Å². The zero-order chi connectivity index (χ0) is 17.1. The van der Waals surface area contributed by atoms with Gasteiger partial charge in [-0.3, -0.25) is 10.1 Å². The van der Waals surface area contributed by atoms with E-state index in [1.165, 1.54) is 37.4 Å². The van der Waals surface area contributed by atoms with Crippen molar-refractivity contribution in [2.24, 2.45) is 0 Å². The van der Waals surface area contributed by atoms with Crippen molar-refractivity contribution in [3.05, 3.63) is 52.3 Å². The minimum absolute atomic E-state index is 0. The van der Waals surface area contributed by atoms with Gasteiger partial charge in [-0.1, -0.05) is 6.07 Å². The monoisotopic (exact) mass is 523 g/mol. The van der Waals surface area contributed by atoms with E-state index >= 15 is 0 Å². The Morgan fingerprint density at radius 3 is 2.72 bits per heavy atom. The van der Waals surface area contributed by atoms with Crippen molar-refractivity contribution in [2.45, 2.75) is 0 Å². The standard InChI is InChI=1S/C16H13FN3O4.Ir/c1-23-6-7-24-15-5-2-10(8-13(15)17)16-12-9-11(20(21)22)3-4-14(12)18-19-16;/h2-5,8-9H,6-7H2,1H3;/q-1;. The number of halogens is 1. The fourth-order valence-corrected chi connectivity index (χ4v) is 2.29. The van der Waals surface area contributed by atoms with Crippen LogP contribution in [-0.2, 0) is 24.8 Å². The van der Waals surface area contributed by atoms with Gasteiger partial charge in [0.2, 0.25) is 0 Å². The van der Waals surface area contributed by atoms with Gasteiger partial charge in [0.25, 0.3) is 5.69 Å². The molecule has 0 unspecified atom stereocenters. The van der Waals surface area contributed by atoms with Gasteiger partial charge in [-0.25, -0.2) is 4.39 Å². The minimum atomic E-state index is -0.551. The summed E-state index contributed by atoms with van der Waals surface area (Å²) in [6, 6.07) is 8.64. The minimum Gasteiger partial charge on any atom is -0.574 e. The Balaban J connectivity index is 0.00000225. The van der Waals surface area contributed by atoms with Crippen molar-refractivity contribution in [1.82, 2.24) is 10.2 Å². The average molecular weight is 523 g/mol. The number of nitrogens with zero attached hydrogens (tertiary/aromatic N) is 3. The molecule has 1 heterocycles. The van der Waals surface area contributed by atoms with E-state index in [0.717, 1.165) is 0 Å². The normalized spacial score (nSPS) is 10.5. The third kappa shape index (κ3) is 4.01. The molecule has 0 aliphatic rings. The summed E-state index contributed by atoms with van der Waals surface area (Å²) < 4.78 is 24.3. The molecule has 1 aromatic heterocycles. The van der Waals surface area contributed by atoms with E-state index in [0.29, 0.717) is 28.8 Å². The molecule has 9 heteroatoms. The Morgan fingerprint density at radius 1 is 1.24 bits per heavy atom. The van der Waals surface area contributed by atoms with Crippen LogP contribution < -0.4 is 9.84 Å². The van der Waals surface area contributed by atoms with Crippen LogP contribution in [0.25, 0.3) is 22.2 Å². The Morgan fingerprint density at radius 2 is 2.04 bits per heavy atom. The summed E-state index contributed by atoms with van der Waals surface area (Å²) in [4.78, 5) is 10.4. The van der Waals surface area contributed by atoms with Crippen LogP contribution in [0.3, 0.4) is 0 Å². The summed E-state index contributed by atoms with van der Waals surface area (Å²) in [6.07, 6.45) is 0. The number of rotatable bonds is 6. The third-order valence-electron chi connectivity index (χ3n) is 3.45. The Hall–Kier alpha value is -2.35. The molecule has 0 fully saturated rings. The molecule has 133 valence electrons. The van der Waals surface area contributed by atoms with Crippen LogP contribution in [-0.4, -0.2) is 30.3 Å². The van der Waals surface area contributed by atoms with Crippen molar-refractivity contribution in [2.75, 3.05) is 20.3 Å². The molecule has 1 radical (unpaired) electrons. The van der Waals surface area contributed by atoms with Crippen LogP contribution in [0, 0.1) is 15.9 Å². The summed E-state index contributed by atoms with van der Waals surface area (Å²) in [5.41, 5.74) is 1.29. The van der Waals surface area contributed by atoms with Crippen LogP contribution in [0.5, 0.6) is 5.75 Å². The number of nitro benzene ring substituents is 1. The number of methoxy groups -OCH3 is 1. The second-order valence-electron chi connectivity index (χ2n) is 4.99. The van der Waals surface area contributed by atoms with Gasteiger partial charge >= 0.3 is 0 Å². The summed E-state index contributed by atoms with van der Waals surface area (Å²) in [5, 5.41) is 19.4. The fourth-order valence-electron chi connectivity index (χ4n) is 2.29. The van der Waals surface area contributed by atoms with Crippen LogP contribution in [0.1, 0.15) is 0 Å². The van der Waals surface area contributed by atoms with Gasteiger partial charge in [0.15, 0.2) is 11.6 Å². The van der Waals surface area contributed by atoms with E-state index in [1.807, 2.05) is 0 Å². The maximum Gasteiger partial charge on any atom is 0.270 e. The van der Waals surface area contributed by atoms with Gasteiger partial charge in [-0.15, -0.1) is 5.52 Å². The summed E-state index contributed by atoms with van der Waals surface area (Å²) in [7, 11) is 1.53. The number of aromatic nitrogens is 2. The molecule has 0 amide bonds. The first-order valence-corrected chi connectivity index (χ1v) is 7.09. The van der Waals surface area contributed by atoms with Gasteiger partial charge in [-0.05, 0) is 23.6 Å². The molecule has 0 spiro atoms. The summed E-state index contributed by atoms with van der Waals surface area (Å²) >= 11 is 0. The summed E-state index contributed by atoms with van der Waals surface area (Å²) in [6.45, 7) is 0.585. The molecule has 0 saturated heterocycles. The van der Waals surface area contributed by atoms with Crippen molar-refractivity contribution < 1.29 is 38.9 Å². The first-order valence-electron chi connectivity index (χ1n) is 7.09. The van der Waals surface area contributed by atoms with Crippen LogP contribution >= 0.6 is 0 Å². The maximum atomic E-state index is 14.2. The number of ether oxygens (including phenoxy) is 2. The molecule has 2 aromatic carbocycles. The fraction of sp³-hybridized carbons (Fsp3) is 0.188. The molecule has 0 atom stereocenters. The molecule has 25 heavy (non-hydrogen) atoms. The molecule has 0 saturated carbocycles. The molecule has 0 aliphatic carbocycles. The molecule has 3 rings (SSSR count). The van der Waals surface area contributed by atoms with Gasteiger partial charge < -0.3 is 19.7 Å². The quantitative estimate of drug-likeness (QED) is 0.281. The Kier molecular flexibility index (Phi) is 6.19. The number of non-ortho nitro benzene ring substituents is 1.